The van der Waals surface area contributed by atoms with E-state index in [1.165, 1.54) is 0 Å². The summed E-state index contributed by atoms with van der Waals surface area (Å²) in [5.41, 5.74) is 1.66. The Bertz CT molecular complexity index is 539. The zero-order chi connectivity index (χ0) is 14.4. The molecule has 1 heterocycles. The van der Waals surface area contributed by atoms with Crippen molar-refractivity contribution in [3.63, 3.8) is 0 Å². The van der Waals surface area contributed by atoms with E-state index in [9.17, 15) is 0 Å². The second-order valence-electron chi connectivity index (χ2n) is 4.18. The van der Waals surface area contributed by atoms with Gasteiger partial charge in [-0.15, -0.1) is 5.10 Å². The van der Waals surface area contributed by atoms with Crippen molar-refractivity contribution in [2.24, 2.45) is 0 Å². The van der Waals surface area contributed by atoms with Gasteiger partial charge in [0.05, 0.1) is 12.7 Å². The van der Waals surface area contributed by atoms with E-state index in [-0.39, 0.29) is 0 Å². The van der Waals surface area contributed by atoms with Gasteiger partial charge in [-0.1, -0.05) is 35.0 Å². The van der Waals surface area contributed by atoms with Crippen molar-refractivity contribution < 1.29 is 9.47 Å². The highest BCUT2D eigenvalue weighted by Gasteiger charge is 2.15. The lowest BCUT2D eigenvalue weighted by Crippen LogP contribution is -2.09. The molecule has 20 heavy (non-hydrogen) atoms. The maximum Gasteiger partial charge on any atom is 0.204 e. The van der Waals surface area contributed by atoms with E-state index < -0.39 is 6.29 Å². The van der Waals surface area contributed by atoms with Crippen molar-refractivity contribution >= 4 is 11.6 Å². The van der Waals surface area contributed by atoms with Crippen molar-refractivity contribution in [2.75, 3.05) is 13.2 Å². The Balaban J connectivity index is 2.10. The minimum atomic E-state index is -0.468. The first-order valence-electron chi connectivity index (χ1n) is 6.61. The van der Waals surface area contributed by atoms with Gasteiger partial charge in [0.25, 0.3) is 0 Å². The minimum Gasteiger partial charge on any atom is -0.347 e. The highest BCUT2D eigenvalue weighted by atomic mass is 35.5. The minimum absolute atomic E-state index is 0.468. The fourth-order valence-corrected chi connectivity index (χ4v) is 2.02. The Morgan fingerprint density at radius 1 is 1.20 bits per heavy atom. The molecular weight excluding hydrogens is 278 g/mol. The van der Waals surface area contributed by atoms with Crippen LogP contribution in [0.4, 0.5) is 0 Å². The monoisotopic (exact) mass is 295 g/mol. The number of nitrogens with zero attached hydrogens (tertiary/aromatic N) is 3. The maximum absolute atomic E-state index is 6.13. The first-order chi connectivity index (χ1) is 9.74. The Morgan fingerprint density at radius 3 is 2.55 bits per heavy atom. The lowest BCUT2D eigenvalue weighted by Gasteiger charge is -2.13. The molecule has 0 radical (unpaired) electrons. The average Bonchev–Trinajstić information content (AvgIpc) is 2.90. The molecular formula is C14H18ClN3O2. The van der Waals surface area contributed by atoms with Crippen LogP contribution in [0.1, 0.15) is 31.4 Å². The van der Waals surface area contributed by atoms with Crippen LogP contribution in [0.2, 0.25) is 5.02 Å². The summed E-state index contributed by atoms with van der Waals surface area (Å²) in [5.74, 6) is 0. The third-order valence-electron chi connectivity index (χ3n) is 2.72. The number of hydrogen-bond donors (Lipinski definition) is 0. The molecule has 0 aliphatic heterocycles. The molecule has 0 atom stereocenters. The molecule has 0 aliphatic rings. The molecule has 2 aromatic rings. The largest absolute Gasteiger partial charge is 0.347 e. The van der Waals surface area contributed by atoms with E-state index in [2.05, 4.69) is 10.3 Å². The van der Waals surface area contributed by atoms with Crippen LogP contribution in [0.3, 0.4) is 0 Å². The van der Waals surface area contributed by atoms with E-state index in [0.29, 0.717) is 25.5 Å². The SMILES string of the molecule is CCOC(OCC)c1cn(Cc2ccccc2Cl)nn1. The Morgan fingerprint density at radius 2 is 1.90 bits per heavy atom. The first-order valence-corrected chi connectivity index (χ1v) is 6.99. The average molecular weight is 296 g/mol. The molecule has 0 spiro atoms. The zero-order valence-electron chi connectivity index (χ0n) is 11.6. The summed E-state index contributed by atoms with van der Waals surface area (Å²) in [7, 11) is 0. The Kier molecular flexibility index (Phi) is 5.52. The summed E-state index contributed by atoms with van der Waals surface area (Å²) in [4.78, 5) is 0. The lowest BCUT2D eigenvalue weighted by molar-refractivity contribution is -0.142. The van der Waals surface area contributed by atoms with E-state index in [4.69, 9.17) is 21.1 Å². The van der Waals surface area contributed by atoms with Crippen LogP contribution in [0.15, 0.2) is 30.5 Å². The molecule has 0 saturated carbocycles. The van der Waals surface area contributed by atoms with E-state index in [0.717, 1.165) is 10.6 Å². The lowest BCUT2D eigenvalue weighted by atomic mass is 10.2. The van der Waals surface area contributed by atoms with Crippen molar-refractivity contribution in [2.45, 2.75) is 26.7 Å². The number of benzene rings is 1. The summed E-state index contributed by atoms with van der Waals surface area (Å²) < 4.78 is 12.7. The van der Waals surface area contributed by atoms with Crippen LogP contribution in [0.25, 0.3) is 0 Å². The molecule has 1 aromatic carbocycles. The zero-order valence-corrected chi connectivity index (χ0v) is 12.4. The molecule has 1 aromatic heterocycles. The van der Waals surface area contributed by atoms with Gasteiger partial charge in [-0.2, -0.15) is 0 Å². The van der Waals surface area contributed by atoms with Crippen molar-refractivity contribution in [1.29, 1.82) is 0 Å². The van der Waals surface area contributed by atoms with Crippen LogP contribution in [0.5, 0.6) is 0 Å². The van der Waals surface area contributed by atoms with Crippen molar-refractivity contribution in [1.82, 2.24) is 15.0 Å². The number of aromatic nitrogens is 3. The number of hydrogen-bond acceptors (Lipinski definition) is 4. The maximum atomic E-state index is 6.13. The van der Waals surface area contributed by atoms with Crippen LogP contribution in [-0.2, 0) is 16.0 Å². The summed E-state index contributed by atoms with van der Waals surface area (Å²) in [6, 6.07) is 7.67. The van der Waals surface area contributed by atoms with Gasteiger partial charge in [-0.05, 0) is 25.5 Å². The predicted molar refractivity (Wildman–Crippen MR) is 76.6 cm³/mol. The van der Waals surface area contributed by atoms with Gasteiger partial charge in [0.15, 0.2) is 0 Å². The molecule has 0 aliphatic carbocycles. The Labute approximate surface area is 123 Å². The van der Waals surface area contributed by atoms with Gasteiger partial charge in [0.2, 0.25) is 6.29 Å². The molecule has 0 saturated heterocycles. The summed E-state index contributed by atoms with van der Waals surface area (Å²) in [5, 5.41) is 8.90. The van der Waals surface area contributed by atoms with Gasteiger partial charge in [0.1, 0.15) is 5.69 Å². The highest BCUT2D eigenvalue weighted by Crippen LogP contribution is 2.18. The van der Waals surface area contributed by atoms with Gasteiger partial charge in [-0.3, -0.25) is 0 Å². The van der Waals surface area contributed by atoms with Crippen LogP contribution >= 0.6 is 11.6 Å². The molecule has 0 amide bonds. The fraction of sp³-hybridized carbons (Fsp3) is 0.429. The van der Waals surface area contributed by atoms with Crippen LogP contribution in [-0.4, -0.2) is 28.2 Å². The second-order valence-corrected chi connectivity index (χ2v) is 4.58. The number of ether oxygens (including phenoxy) is 2. The number of rotatable bonds is 7. The van der Waals surface area contributed by atoms with Gasteiger partial charge in [-0.25, -0.2) is 4.68 Å². The van der Waals surface area contributed by atoms with E-state index in [1.807, 2.05) is 44.3 Å². The second kappa shape index (κ2) is 7.38. The quantitative estimate of drug-likeness (QED) is 0.737. The summed E-state index contributed by atoms with van der Waals surface area (Å²) >= 11 is 6.13. The Hall–Kier alpha value is -1.43. The third-order valence-corrected chi connectivity index (χ3v) is 3.09. The normalized spacial score (nSPS) is 11.2. The molecule has 5 nitrogen and oxygen atoms in total. The van der Waals surface area contributed by atoms with Crippen molar-refractivity contribution in [3.8, 4) is 0 Å². The van der Waals surface area contributed by atoms with Crippen LogP contribution in [0, 0.1) is 0 Å². The molecule has 0 fully saturated rings. The smallest absolute Gasteiger partial charge is 0.204 e. The fourth-order valence-electron chi connectivity index (χ4n) is 1.82. The predicted octanol–water partition coefficient (Wildman–Crippen LogP) is 3.05. The summed E-state index contributed by atoms with van der Waals surface area (Å²) in [6.07, 6.45) is 1.35. The van der Waals surface area contributed by atoms with E-state index >= 15 is 0 Å². The van der Waals surface area contributed by atoms with Gasteiger partial charge in [0, 0.05) is 18.2 Å². The molecule has 0 bridgehead atoms. The molecule has 108 valence electrons. The topological polar surface area (TPSA) is 49.2 Å². The standard InChI is InChI=1S/C14H18ClN3O2/c1-3-19-14(20-4-2)13-10-18(17-16-13)9-11-7-5-6-8-12(11)15/h5-8,10,14H,3-4,9H2,1-2H3. The van der Waals surface area contributed by atoms with Crippen LogP contribution < -0.4 is 0 Å². The molecule has 0 N–H and O–H groups in total. The highest BCUT2D eigenvalue weighted by molar-refractivity contribution is 6.31. The molecule has 6 heteroatoms. The van der Waals surface area contributed by atoms with E-state index in [1.54, 1.807) is 4.68 Å². The van der Waals surface area contributed by atoms with Gasteiger partial charge < -0.3 is 9.47 Å². The van der Waals surface area contributed by atoms with Crippen molar-refractivity contribution in [3.05, 3.63) is 46.7 Å². The third kappa shape index (κ3) is 3.79. The van der Waals surface area contributed by atoms with Gasteiger partial charge >= 0.3 is 0 Å². The number of halogens is 1. The molecule has 0 unspecified atom stereocenters. The molecule has 2 rings (SSSR count). The first kappa shape index (κ1) is 15.0. The summed E-state index contributed by atoms with van der Waals surface area (Å²) in [6.45, 7) is 5.52.